The first-order valence-electron chi connectivity index (χ1n) is 28.0. The molecule has 0 bridgehead atoms. The van der Waals surface area contributed by atoms with E-state index in [-0.39, 0.29) is 0 Å². The van der Waals surface area contributed by atoms with Crippen molar-refractivity contribution >= 4 is 26.5 Å². The van der Waals surface area contributed by atoms with Gasteiger partial charge in [0.15, 0.2) is 0 Å². The van der Waals surface area contributed by atoms with Gasteiger partial charge in [-0.25, -0.2) is 0 Å². The molecule has 0 amide bonds. The quantitative estimate of drug-likeness (QED) is 0.0453. The first-order valence-corrected chi connectivity index (χ1v) is 34.1. The molecule has 0 heterocycles. The van der Waals surface area contributed by atoms with Crippen LogP contribution in [-0.4, -0.2) is 16.1 Å². The molecule has 0 N–H and O–H groups in total. The van der Waals surface area contributed by atoms with Gasteiger partial charge in [-0.3, -0.25) is 0 Å². The van der Waals surface area contributed by atoms with Gasteiger partial charge in [0.1, 0.15) is 0 Å². The van der Waals surface area contributed by atoms with Gasteiger partial charge in [-0.15, -0.1) is 0 Å². The van der Waals surface area contributed by atoms with Gasteiger partial charge in [-0.05, 0) is 0 Å². The predicted molar refractivity (Wildman–Crippen MR) is 280 cm³/mol. The van der Waals surface area contributed by atoms with Crippen LogP contribution in [-0.2, 0) is 0 Å². The summed E-state index contributed by atoms with van der Waals surface area (Å²) in [4.78, 5) is 0. The molecule has 1 rings (SSSR count). The normalized spacial score (nSPS) is 12.2. The molecule has 2 heteroatoms. The third-order valence-corrected chi connectivity index (χ3v) is 21.9. The topological polar surface area (TPSA) is 0 Å². The molecule has 0 aliphatic heterocycles. The van der Waals surface area contributed by atoms with Gasteiger partial charge < -0.3 is 0 Å². The molecule has 0 aliphatic rings. The minimum absolute atomic E-state index is 1.29. The van der Waals surface area contributed by atoms with Crippen molar-refractivity contribution in [3.05, 3.63) is 24.3 Å². The Hall–Kier alpha value is -0.346. The summed E-state index contributed by atoms with van der Waals surface area (Å²) in [6.07, 6.45) is 61.7. The Balaban J connectivity index is 2.67. The van der Waals surface area contributed by atoms with E-state index in [2.05, 4.69) is 64.7 Å². The predicted octanol–water partition coefficient (Wildman–Crippen LogP) is 20.3. The molecule has 0 saturated heterocycles. The molecule has 0 aliphatic carbocycles. The van der Waals surface area contributed by atoms with Crippen molar-refractivity contribution in [3.8, 4) is 0 Å². The zero-order valence-electron chi connectivity index (χ0n) is 42.1. The highest BCUT2D eigenvalue weighted by Crippen LogP contribution is 2.31. The number of hydrogen-bond acceptors (Lipinski definition) is 0. The maximum atomic E-state index is 2.69. The van der Waals surface area contributed by atoms with Crippen LogP contribution in [0.2, 0.25) is 37.8 Å². The average molecular weight is 854 g/mol. The van der Waals surface area contributed by atoms with Crippen LogP contribution in [0.1, 0.15) is 290 Å². The van der Waals surface area contributed by atoms with Crippen LogP contribution in [0.15, 0.2) is 24.3 Å². The zero-order valence-corrected chi connectivity index (χ0v) is 44.1. The van der Waals surface area contributed by atoms with E-state index in [4.69, 9.17) is 0 Å². The molecule has 59 heavy (non-hydrogen) atoms. The van der Waals surface area contributed by atoms with E-state index in [1.54, 1.807) is 23.3 Å². The minimum atomic E-state index is -1.55. The van der Waals surface area contributed by atoms with E-state index in [0.717, 1.165) is 0 Å². The van der Waals surface area contributed by atoms with E-state index in [0.29, 0.717) is 0 Å². The summed E-state index contributed by atoms with van der Waals surface area (Å²) in [5.41, 5.74) is 0. The molecular formula is C57H112Si2. The Bertz CT molecular complexity index is 881. The van der Waals surface area contributed by atoms with Crippen LogP contribution in [0.5, 0.6) is 0 Å². The van der Waals surface area contributed by atoms with Crippen LogP contribution >= 0.6 is 0 Å². The van der Waals surface area contributed by atoms with Crippen molar-refractivity contribution in [2.75, 3.05) is 0 Å². The van der Waals surface area contributed by atoms with Gasteiger partial charge in [-0.2, -0.15) is 0 Å². The molecule has 0 spiro atoms. The molecular weight excluding hydrogens is 741 g/mol. The zero-order chi connectivity index (χ0) is 42.8. The lowest BCUT2D eigenvalue weighted by Crippen LogP contribution is -2.48. The molecule has 0 nitrogen and oxygen atoms in total. The number of unbranched alkanes of at least 4 members (excludes halogenated alkanes) is 39. The van der Waals surface area contributed by atoms with Crippen molar-refractivity contribution in [3.63, 3.8) is 0 Å². The molecule has 0 aromatic heterocycles. The second-order valence-corrected chi connectivity index (χ2v) is 30.9. The maximum Gasteiger partial charge on any atom is 0.0867 e. The first-order chi connectivity index (χ1) is 28.9. The first kappa shape index (κ1) is 56.7. The Morgan fingerprint density at radius 3 is 0.593 bits per heavy atom. The second-order valence-electron chi connectivity index (χ2n) is 21.1. The molecule has 1 aromatic rings. The fraction of sp³-hybridized carbons (Fsp3) is 0.895. The largest absolute Gasteiger partial charge is 0.0867 e. The number of rotatable bonds is 47. The summed E-state index contributed by atoms with van der Waals surface area (Å²) in [5.74, 6) is 0. The molecule has 0 fully saturated rings. The monoisotopic (exact) mass is 853 g/mol. The minimum Gasteiger partial charge on any atom is -0.0656 e. The highest BCUT2D eigenvalue weighted by Gasteiger charge is 2.33. The number of benzene rings is 1. The highest BCUT2D eigenvalue weighted by atomic mass is 28.3. The summed E-state index contributed by atoms with van der Waals surface area (Å²) < 4.78 is 0. The molecule has 0 atom stereocenters. The lowest BCUT2D eigenvalue weighted by molar-refractivity contribution is 0.535. The highest BCUT2D eigenvalue weighted by molar-refractivity contribution is 6.92. The molecule has 348 valence electrons. The summed E-state index contributed by atoms with van der Waals surface area (Å²) in [6, 6.07) is 15.3. The van der Waals surface area contributed by atoms with E-state index >= 15 is 0 Å². The van der Waals surface area contributed by atoms with E-state index in [1.165, 1.54) is 270 Å². The van der Waals surface area contributed by atoms with Gasteiger partial charge in [0.2, 0.25) is 0 Å². The summed E-state index contributed by atoms with van der Waals surface area (Å²) >= 11 is 0. The van der Waals surface area contributed by atoms with Gasteiger partial charge in [0, 0.05) is 0 Å². The average Bonchev–Trinajstić information content (AvgIpc) is 3.23. The van der Waals surface area contributed by atoms with Gasteiger partial charge >= 0.3 is 0 Å². The van der Waals surface area contributed by atoms with Crippen molar-refractivity contribution in [1.29, 1.82) is 0 Å². The van der Waals surface area contributed by atoms with E-state index < -0.39 is 16.1 Å². The van der Waals surface area contributed by atoms with Crippen molar-refractivity contribution < 1.29 is 0 Å². The smallest absolute Gasteiger partial charge is 0.0656 e. The van der Waals surface area contributed by atoms with Crippen LogP contribution in [0.25, 0.3) is 0 Å². The second kappa shape index (κ2) is 41.7. The van der Waals surface area contributed by atoms with Crippen LogP contribution in [0, 0.1) is 0 Å². The summed E-state index contributed by atoms with van der Waals surface area (Å²) in [6.45, 7) is 14.6. The van der Waals surface area contributed by atoms with E-state index in [9.17, 15) is 0 Å². The van der Waals surface area contributed by atoms with Gasteiger partial charge in [0.05, 0.1) is 16.1 Å². The number of hydrogen-bond donors (Lipinski definition) is 0. The summed E-state index contributed by atoms with van der Waals surface area (Å²) in [5, 5.41) is 3.51. The van der Waals surface area contributed by atoms with Crippen molar-refractivity contribution in [2.24, 2.45) is 0 Å². The van der Waals surface area contributed by atoms with Crippen LogP contribution in [0.3, 0.4) is 0 Å². The molecule has 0 unspecified atom stereocenters. The van der Waals surface area contributed by atoms with Crippen LogP contribution < -0.4 is 10.4 Å². The molecule has 0 radical (unpaired) electrons. The van der Waals surface area contributed by atoms with Gasteiger partial charge in [-0.1, -0.05) is 363 Å². The lowest BCUT2D eigenvalue weighted by atomic mass is 10.0. The summed E-state index contributed by atoms with van der Waals surface area (Å²) in [7, 11) is -2.83. The third kappa shape index (κ3) is 33.8. The van der Waals surface area contributed by atoms with Crippen molar-refractivity contribution in [2.45, 2.75) is 328 Å². The third-order valence-electron chi connectivity index (χ3n) is 14.4. The fourth-order valence-electron chi connectivity index (χ4n) is 10.1. The Morgan fingerprint density at radius 1 is 0.237 bits per heavy atom. The fourth-order valence-corrected chi connectivity index (χ4v) is 16.5. The van der Waals surface area contributed by atoms with Crippen molar-refractivity contribution in [1.82, 2.24) is 0 Å². The van der Waals surface area contributed by atoms with E-state index in [1.807, 2.05) is 5.19 Å². The Morgan fingerprint density at radius 2 is 0.407 bits per heavy atom. The molecule has 0 saturated carbocycles. The standard InChI is InChI=1S/C57H112Si2/c1-7-10-13-16-19-22-25-28-31-34-37-40-43-46-53-59(57-51-49-56(50-52-57)58(4,5)6,54-47-44-41-38-35-32-29-26-23-20-17-14-11-8-2)55-48-45-42-39-36-33-30-27-24-21-18-15-12-9-3/h49-52H,7-48,53-55H2,1-6H3. The molecule has 1 aromatic carbocycles. The Kier molecular flexibility index (Phi) is 40.0. The maximum absolute atomic E-state index is 2.69. The van der Waals surface area contributed by atoms with Gasteiger partial charge in [0.25, 0.3) is 0 Å². The van der Waals surface area contributed by atoms with Crippen LogP contribution in [0.4, 0.5) is 0 Å². The Labute approximate surface area is 377 Å². The lowest BCUT2D eigenvalue weighted by Gasteiger charge is -2.34. The SMILES string of the molecule is CCCCCCCCCCCCCCCC[Si](CCCCCCCCCCCCCCCC)(CCCCCCCCCCCCCCCC)c1ccc([Si](C)(C)C)cc1.